The first kappa shape index (κ1) is 16.9. The lowest BCUT2D eigenvalue weighted by Crippen LogP contribution is -1.79. The molecule has 3 heteroatoms. The minimum absolute atomic E-state index is 1.10. The summed E-state index contributed by atoms with van der Waals surface area (Å²) in [5, 5.41) is 3.89. The second kappa shape index (κ2) is 8.22. The molecule has 0 aliphatic heterocycles. The van der Waals surface area contributed by atoms with Crippen molar-refractivity contribution in [2.45, 2.75) is 9.79 Å². The molecule has 0 amide bonds. The normalized spacial score (nSPS) is 10.4. The molecule has 3 aromatic carbocycles. The maximum atomic E-state index is 4.33. The summed E-state index contributed by atoms with van der Waals surface area (Å²) in [5.74, 6) is 0. The van der Waals surface area contributed by atoms with E-state index in [0.29, 0.717) is 0 Å². The fraction of sp³-hybridized carbons (Fsp3) is 0.0952. The van der Waals surface area contributed by atoms with Gasteiger partial charge in [-0.1, -0.05) is 54.6 Å². The highest BCUT2D eigenvalue weighted by molar-refractivity contribution is 7.99. The molecule has 0 atom stereocenters. The van der Waals surface area contributed by atoms with Gasteiger partial charge in [-0.15, -0.1) is 23.5 Å². The zero-order valence-corrected chi connectivity index (χ0v) is 15.4. The van der Waals surface area contributed by atoms with Crippen molar-refractivity contribution in [2.24, 2.45) is 0 Å². The van der Waals surface area contributed by atoms with Gasteiger partial charge in [-0.25, -0.2) is 0 Å². The first-order chi connectivity index (χ1) is 11.8. The van der Waals surface area contributed by atoms with E-state index in [2.05, 4.69) is 84.2 Å². The molecule has 1 nitrogen and oxygen atoms in total. The van der Waals surface area contributed by atoms with Crippen molar-refractivity contribution in [1.29, 1.82) is 0 Å². The molecule has 1 aromatic heterocycles. The largest absolute Gasteiger partial charge is 0.255 e. The summed E-state index contributed by atoms with van der Waals surface area (Å²) in [5.41, 5.74) is 1.10. The van der Waals surface area contributed by atoms with E-state index in [0.717, 1.165) is 5.52 Å². The quantitative estimate of drug-likeness (QED) is 0.382. The summed E-state index contributed by atoms with van der Waals surface area (Å²) in [4.78, 5) is 6.93. The molecule has 0 fully saturated rings. The van der Waals surface area contributed by atoms with Gasteiger partial charge < -0.3 is 0 Å². The Bertz CT molecular complexity index is 860. The molecule has 0 unspecified atom stereocenters. The molecule has 0 bridgehead atoms. The van der Waals surface area contributed by atoms with E-state index in [1.807, 2.05) is 12.3 Å². The number of fused-ring (bicyclic) bond motifs is 2. The summed E-state index contributed by atoms with van der Waals surface area (Å²) in [6.07, 6.45) is 6.02. The average Bonchev–Trinajstić information content (AvgIpc) is 2.67. The smallest absolute Gasteiger partial charge is 0.0837 e. The zero-order chi connectivity index (χ0) is 16.8. The van der Waals surface area contributed by atoms with Crippen molar-refractivity contribution in [3.05, 3.63) is 79.0 Å². The molecule has 4 aromatic rings. The van der Waals surface area contributed by atoms with Crippen molar-refractivity contribution in [3.63, 3.8) is 0 Å². The van der Waals surface area contributed by atoms with E-state index >= 15 is 0 Å². The third kappa shape index (κ3) is 3.74. The summed E-state index contributed by atoms with van der Waals surface area (Å²) < 4.78 is 0. The number of nitrogens with zero attached hydrogens (tertiary/aromatic N) is 1. The summed E-state index contributed by atoms with van der Waals surface area (Å²) >= 11 is 3.53. The maximum absolute atomic E-state index is 4.33. The lowest BCUT2D eigenvalue weighted by Gasteiger charge is -2.01. The summed E-state index contributed by atoms with van der Waals surface area (Å²) in [6, 6.07) is 25.2. The highest BCUT2D eigenvalue weighted by atomic mass is 32.2. The van der Waals surface area contributed by atoms with Gasteiger partial charge in [-0.05, 0) is 41.5 Å². The van der Waals surface area contributed by atoms with Crippen molar-refractivity contribution in [3.8, 4) is 0 Å². The Morgan fingerprint density at radius 3 is 2.04 bits per heavy atom. The van der Waals surface area contributed by atoms with Crippen molar-refractivity contribution >= 4 is 45.2 Å². The molecular weight excluding hydrogens is 330 g/mol. The van der Waals surface area contributed by atoms with Gasteiger partial charge in [0.15, 0.2) is 0 Å². The number of pyridine rings is 1. The second-order valence-corrected chi connectivity index (χ2v) is 6.91. The van der Waals surface area contributed by atoms with Crippen LogP contribution in [0, 0.1) is 0 Å². The first-order valence-electron chi connectivity index (χ1n) is 7.73. The van der Waals surface area contributed by atoms with E-state index < -0.39 is 0 Å². The third-order valence-corrected chi connectivity index (χ3v) is 5.35. The van der Waals surface area contributed by atoms with Crippen LogP contribution in [0.5, 0.6) is 0 Å². The lowest BCUT2D eigenvalue weighted by atomic mass is 10.1. The number of rotatable bonds is 2. The standard InChI is InChI=1S/C11H10S.C10H9NS/c1-12-11-8-4-6-9-5-2-3-7-10(9)11;1-12-9-6-2-4-8-5-3-7-11-10(8)9/h2-8H,1H3;2-7H,1H3. The Labute approximate surface area is 151 Å². The van der Waals surface area contributed by atoms with Crippen LogP contribution in [0.2, 0.25) is 0 Å². The van der Waals surface area contributed by atoms with Gasteiger partial charge in [0.25, 0.3) is 0 Å². The predicted molar refractivity (Wildman–Crippen MR) is 109 cm³/mol. The summed E-state index contributed by atoms with van der Waals surface area (Å²) in [6.45, 7) is 0. The molecule has 4 rings (SSSR count). The topological polar surface area (TPSA) is 12.9 Å². The van der Waals surface area contributed by atoms with Gasteiger partial charge >= 0.3 is 0 Å². The Morgan fingerprint density at radius 1 is 0.625 bits per heavy atom. The Kier molecular flexibility index (Phi) is 5.78. The van der Waals surface area contributed by atoms with Gasteiger partial charge in [0, 0.05) is 21.4 Å². The van der Waals surface area contributed by atoms with Crippen molar-refractivity contribution < 1.29 is 0 Å². The minimum atomic E-state index is 1.10. The molecule has 0 radical (unpaired) electrons. The minimum Gasteiger partial charge on any atom is -0.255 e. The van der Waals surface area contributed by atoms with Crippen LogP contribution in [0.15, 0.2) is 88.8 Å². The number of aromatic nitrogens is 1. The van der Waals surface area contributed by atoms with E-state index in [4.69, 9.17) is 0 Å². The lowest BCUT2D eigenvalue weighted by molar-refractivity contribution is 1.35. The molecule has 24 heavy (non-hydrogen) atoms. The fourth-order valence-corrected chi connectivity index (χ4v) is 3.81. The third-order valence-electron chi connectivity index (χ3n) is 3.79. The summed E-state index contributed by atoms with van der Waals surface area (Å²) in [7, 11) is 0. The van der Waals surface area contributed by atoms with Gasteiger partial charge in [0.1, 0.15) is 0 Å². The Morgan fingerprint density at radius 2 is 1.25 bits per heavy atom. The molecule has 1 heterocycles. The molecule has 120 valence electrons. The Hall–Kier alpha value is -1.97. The first-order valence-corrected chi connectivity index (χ1v) is 10.2. The van der Waals surface area contributed by atoms with Gasteiger partial charge in [0.05, 0.1) is 5.52 Å². The zero-order valence-electron chi connectivity index (χ0n) is 13.8. The molecule has 0 aliphatic carbocycles. The Balaban J connectivity index is 0.000000141. The van der Waals surface area contributed by atoms with Crippen LogP contribution in [0.1, 0.15) is 0 Å². The van der Waals surface area contributed by atoms with Gasteiger partial charge in [0.2, 0.25) is 0 Å². The van der Waals surface area contributed by atoms with Crippen LogP contribution < -0.4 is 0 Å². The second-order valence-electron chi connectivity index (χ2n) is 5.22. The number of hydrogen-bond acceptors (Lipinski definition) is 3. The molecule has 0 saturated carbocycles. The van der Waals surface area contributed by atoms with E-state index in [-0.39, 0.29) is 0 Å². The van der Waals surface area contributed by atoms with Crippen LogP contribution in [0.3, 0.4) is 0 Å². The molecule has 0 N–H and O–H groups in total. The van der Waals surface area contributed by atoms with Crippen LogP contribution >= 0.6 is 23.5 Å². The number of para-hydroxylation sites is 1. The van der Waals surface area contributed by atoms with Crippen LogP contribution in [-0.4, -0.2) is 17.5 Å². The SMILES string of the molecule is CSc1cccc2ccccc12.CSc1cccc2cccnc12. The van der Waals surface area contributed by atoms with Crippen LogP contribution in [0.4, 0.5) is 0 Å². The molecule has 0 saturated heterocycles. The average molecular weight is 350 g/mol. The highest BCUT2D eigenvalue weighted by Crippen LogP contribution is 2.25. The van der Waals surface area contributed by atoms with Crippen molar-refractivity contribution in [1.82, 2.24) is 4.98 Å². The number of thioether (sulfide) groups is 2. The predicted octanol–water partition coefficient (Wildman–Crippen LogP) is 6.52. The monoisotopic (exact) mass is 349 g/mol. The van der Waals surface area contributed by atoms with Gasteiger partial charge in [-0.3, -0.25) is 4.98 Å². The van der Waals surface area contributed by atoms with E-state index in [9.17, 15) is 0 Å². The van der Waals surface area contributed by atoms with Gasteiger partial charge in [-0.2, -0.15) is 0 Å². The van der Waals surface area contributed by atoms with Crippen LogP contribution in [0.25, 0.3) is 21.7 Å². The number of benzene rings is 3. The maximum Gasteiger partial charge on any atom is 0.0837 e. The van der Waals surface area contributed by atoms with E-state index in [1.54, 1.807) is 23.5 Å². The highest BCUT2D eigenvalue weighted by Gasteiger charge is 1.98. The molecular formula is C21H19NS2. The van der Waals surface area contributed by atoms with Crippen LogP contribution in [-0.2, 0) is 0 Å². The fourth-order valence-electron chi connectivity index (χ4n) is 2.61. The van der Waals surface area contributed by atoms with Crippen molar-refractivity contribution in [2.75, 3.05) is 12.5 Å². The number of hydrogen-bond donors (Lipinski definition) is 0. The van der Waals surface area contributed by atoms with E-state index in [1.165, 1.54) is 25.9 Å². The molecule has 0 spiro atoms. The molecule has 0 aliphatic rings.